The van der Waals surface area contributed by atoms with E-state index in [2.05, 4.69) is 16.4 Å². The monoisotopic (exact) mass is 263 g/mol. The lowest BCUT2D eigenvalue weighted by atomic mass is 10.1. The van der Waals surface area contributed by atoms with Crippen LogP contribution >= 0.6 is 22.9 Å². The van der Waals surface area contributed by atoms with Crippen LogP contribution in [0.3, 0.4) is 0 Å². The molecule has 0 unspecified atom stereocenters. The summed E-state index contributed by atoms with van der Waals surface area (Å²) >= 11 is 7.69. The molecular formula is C12H10ClN3S. The van der Waals surface area contributed by atoms with Crippen molar-refractivity contribution in [3.8, 4) is 6.07 Å². The minimum absolute atomic E-state index is 0.584. The molecule has 0 saturated heterocycles. The maximum atomic E-state index is 8.72. The Kier molecular flexibility index (Phi) is 4.10. The number of aromatic nitrogens is 1. The van der Waals surface area contributed by atoms with Crippen molar-refractivity contribution in [2.75, 3.05) is 0 Å². The van der Waals surface area contributed by atoms with Gasteiger partial charge in [0.25, 0.3) is 0 Å². The van der Waals surface area contributed by atoms with Gasteiger partial charge in [0.15, 0.2) is 0 Å². The van der Waals surface area contributed by atoms with E-state index in [1.165, 1.54) is 4.88 Å². The molecule has 1 heterocycles. The van der Waals surface area contributed by atoms with Gasteiger partial charge in [-0.25, -0.2) is 0 Å². The van der Waals surface area contributed by atoms with Crippen LogP contribution in [0.25, 0.3) is 0 Å². The van der Waals surface area contributed by atoms with Crippen LogP contribution < -0.4 is 5.32 Å². The third kappa shape index (κ3) is 3.27. The van der Waals surface area contributed by atoms with E-state index in [1.807, 2.05) is 17.8 Å². The SMILES string of the molecule is N#Cc1ccc(CNCc2cncs2)c(Cl)c1. The molecular weight excluding hydrogens is 254 g/mol. The van der Waals surface area contributed by atoms with Gasteiger partial charge < -0.3 is 5.32 Å². The first-order valence-corrected chi connectivity index (χ1v) is 6.32. The molecule has 2 aromatic rings. The van der Waals surface area contributed by atoms with Gasteiger partial charge in [0.2, 0.25) is 0 Å². The smallest absolute Gasteiger partial charge is 0.0992 e. The molecule has 0 aliphatic carbocycles. The third-order valence-corrected chi connectivity index (χ3v) is 3.41. The summed E-state index contributed by atoms with van der Waals surface area (Å²) in [5.74, 6) is 0. The zero-order valence-corrected chi connectivity index (χ0v) is 10.6. The summed E-state index contributed by atoms with van der Waals surface area (Å²) < 4.78 is 0. The fraction of sp³-hybridized carbons (Fsp3) is 0.167. The molecule has 17 heavy (non-hydrogen) atoms. The molecule has 1 aromatic heterocycles. The number of thiazole rings is 1. The molecule has 86 valence electrons. The molecule has 1 aromatic carbocycles. The third-order valence-electron chi connectivity index (χ3n) is 2.28. The zero-order chi connectivity index (χ0) is 12.1. The molecule has 5 heteroatoms. The number of halogens is 1. The highest BCUT2D eigenvalue weighted by Crippen LogP contribution is 2.17. The Labute approximate surface area is 109 Å². The molecule has 0 saturated carbocycles. The number of nitrogens with one attached hydrogen (secondary N) is 1. The number of benzene rings is 1. The molecule has 1 N–H and O–H groups in total. The Hall–Kier alpha value is -1.41. The van der Waals surface area contributed by atoms with Gasteiger partial charge in [-0.15, -0.1) is 11.3 Å². The second-order valence-corrected chi connectivity index (χ2v) is 4.87. The van der Waals surface area contributed by atoms with Crippen molar-refractivity contribution in [1.82, 2.24) is 10.3 Å². The van der Waals surface area contributed by atoms with Gasteiger partial charge in [-0.2, -0.15) is 5.26 Å². The summed E-state index contributed by atoms with van der Waals surface area (Å²) in [5, 5.41) is 12.6. The second kappa shape index (κ2) is 5.78. The average Bonchev–Trinajstić information content (AvgIpc) is 2.84. The van der Waals surface area contributed by atoms with E-state index >= 15 is 0 Å². The summed E-state index contributed by atoms with van der Waals surface area (Å²) in [6, 6.07) is 7.40. The summed E-state index contributed by atoms with van der Waals surface area (Å²) in [6.45, 7) is 1.46. The number of hydrogen-bond donors (Lipinski definition) is 1. The maximum Gasteiger partial charge on any atom is 0.0992 e. The van der Waals surface area contributed by atoms with Crippen LogP contribution in [0.4, 0.5) is 0 Å². The minimum atomic E-state index is 0.584. The molecule has 0 bridgehead atoms. The van der Waals surface area contributed by atoms with Crippen molar-refractivity contribution in [1.29, 1.82) is 5.26 Å². The van der Waals surface area contributed by atoms with Gasteiger partial charge in [-0.05, 0) is 17.7 Å². The number of nitriles is 1. The highest BCUT2D eigenvalue weighted by molar-refractivity contribution is 7.09. The lowest BCUT2D eigenvalue weighted by molar-refractivity contribution is 0.700. The molecule has 0 radical (unpaired) electrons. The van der Waals surface area contributed by atoms with Crippen molar-refractivity contribution in [2.24, 2.45) is 0 Å². The van der Waals surface area contributed by atoms with E-state index in [9.17, 15) is 0 Å². The lowest BCUT2D eigenvalue weighted by Gasteiger charge is -2.05. The zero-order valence-electron chi connectivity index (χ0n) is 8.98. The molecule has 0 fully saturated rings. The van der Waals surface area contributed by atoms with Crippen LogP contribution in [0, 0.1) is 11.3 Å². The van der Waals surface area contributed by atoms with Crippen LogP contribution in [0.2, 0.25) is 5.02 Å². The van der Waals surface area contributed by atoms with Gasteiger partial charge in [-0.3, -0.25) is 4.98 Å². The summed E-state index contributed by atoms with van der Waals surface area (Å²) in [4.78, 5) is 5.19. The van der Waals surface area contributed by atoms with E-state index in [1.54, 1.807) is 23.5 Å². The molecule has 0 aliphatic rings. The number of rotatable bonds is 4. The largest absolute Gasteiger partial charge is 0.308 e. The van der Waals surface area contributed by atoms with Crippen LogP contribution in [-0.4, -0.2) is 4.98 Å². The summed E-state index contributed by atoms with van der Waals surface area (Å²) in [6.07, 6.45) is 1.85. The first-order chi connectivity index (χ1) is 8.29. The van der Waals surface area contributed by atoms with Crippen molar-refractivity contribution in [3.05, 3.63) is 50.9 Å². The van der Waals surface area contributed by atoms with Crippen molar-refractivity contribution < 1.29 is 0 Å². The average molecular weight is 264 g/mol. The van der Waals surface area contributed by atoms with E-state index in [0.29, 0.717) is 17.1 Å². The standard InChI is InChI=1S/C12H10ClN3S/c13-12-3-9(4-14)1-2-10(12)5-15-6-11-7-16-8-17-11/h1-3,7-8,15H,5-6H2. The molecule has 0 spiro atoms. The molecule has 0 atom stereocenters. The van der Waals surface area contributed by atoms with Crippen LogP contribution in [0.5, 0.6) is 0 Å². The summed E-state index contributed by atoms with van der Waals surface area (Å²) in [5.41, 5.74) is 3.39. The Bertz CT molecular complexity index is 531. The first-order valence-electron chi connectivity index (χ1n) is 5.06. The van der Waals surface area contributed by atoms with Gasteiger partial charge in [0, 0.05) is 29.2 Å². The molecule has 0 amide bonds. The van der Waals surface area contributed by atoms with Crippen molar-refractivity contribution in [2.45, 2.75) is 13.1 Å². The van der Waals surface area contributed by atoms with Gasteiger partial charge in [-0.1, -0.05) is 17.7 Å². The first kappa shape index (κ1) is 12.1. The predicted octanol–water partition coefficient (Wildman–Crippen LogP) is 2.96. The van der Waals surface area contributed by atoms with Gasteiger partial charge >= 0.3 is 0 Å². The topological polar surface area (TPSA) is 48.7 Å². The minimum Gasteiger partial charge on any atom is -0.308 e. The Morgan fingerprint density at radius 2 is 2.29 bits per heavy atom. The fourth-order valence-electron chi connectivity index (χ4n) is 1.41. The number of hydrogen-bond acceptors (Lipinski definition) is 4. The summed E-state index contributed by atoms with van der Waals surface area (Å²) in [7, 11) is 0. The number of nitrogens with zero attached hydrogens (tertiary/aromatic N) is 2. The van der Waals surface area contributed by atoms with Crippen LogP contribution in [-0.2, 0) is 13.1 Å². The van der Waals surface area contributed by atoms with Crippen LogP contribution in [0.15, 0.2) is 29.9 Å². The lowest BCUT2D eigenvalue weighted by Crippen LogP contribution is -2.12. The van der Waals surface area contributed by atoms with E-state index in [0.717, 1.165) is 12.1 Å². The fourth-order valence-corrected chi connectivity index (χ4v) is 2.22. The highest BCUT2D eigenvalue weighted by Gasteiger charge is 2.02. The van der Waals surface area contributed by atoms with E-state index in [4.69, 9.17) is 16.9 Å². The Morgan fingerprint density at radius 3 is 2.94 bits per heavy atom. The Balaban J connectivity index is 1.93. The molecule has 3 nitrogen and oxygen atoms in total. The normalized spacial score (nSPS) is 10.1. The molecule has 0 aliphatic heterocycles. The van der Waals surface area contributed by atoms with Crippen molar-refractivity contribution in [3.63, 3.8) is 0 Å². The van der Waals surface area contributed by atoms with Gasteiger partial charge in [0.05, 0.1) is 17.1 Å². The quantitative estimate of drug-likeness (QED) is 0.923. The predicted molar refractivity (Wildman–Crippen MR) is 68.8 cm³/mol. The molecule has 2 rings (SSSR count). The van der Waals surface area contributed by atoms with Crippen molar-refractivity contribution >= 4 is 22.9 Å². The van der Waals surface area contributed by atoms with E-state index in [-0.39, 0.29) is 0 Å². The maximum absolute atomic E-state index is 8.72. The van der Waals surface area contributed by atoms with E-state index < -0.39 is 0 Å². The van der Waals surface area contributed by atoms with Crippen LogP contribution in [0.1, 0.15) is 16.0 Å². The second-order valence-electron chi connectivity index (χ2n) is 3.49. The van der Waals surface area contributed by atoms with Gasteiger partial charge in [0.1, 0.15) is 0 Å². The Morgan fingerprint density at radius 1 is 1.41 bits per heavy atom. The highest BCUT2D eigenvalue weighted by atomic mass is 35.5.